The second-order valence-electron chi connectivity index (χ2n) is 9.45. The van der Waals surface area contributed by atoms with Crippen LogP contribution in [0.5, 0.6) is 23.0 Å². The summed E-state index contributed by atoms with van der Waals surface area (Å²) in [5, 5.41) is 0. The van der Waals surface area contributed by atoms with Crippen LogP contribution in [0.3, 0.4) is 0 Å². The van der Waals surface area contributed by atoms with E-state index in [4.69, 9.17) is 28.7 Å². The molecule has 40 heavy (non-hydrogen) atoms. The molecule has 0 unspecified atom stereocenters. The van der Waals surface area contributed by atoms with Crippen molar-refractivity contribution < 1.29 is 32.5 Å². The Morgan fingerprint density at radius 2 is 1.43 bits per heavy atom. The van der Waals surface area contributed by atoms with Gasteiger partial charge in [0.2, 0.25) is 0 Å². The number of nitrogens with zero attached hydrogens (tertiary/aromatic N) is 2. The SMILES string of the molecule is COc1ccc(CN(Cc2ccc(OC)cc2OC)C2=N[C@](C)(c3ccccc3F)[C@@H](F)[C@@H](CI)O2)c(OC)c1. The number of amidine groups is 1. The highest BCUT2D eigenvalue weighted by Crippen LogP contribution is 2.40. The molecule has 1 heterocycles. The highest BCUT2D eigenvalue weighted by atomic mass is 127. The first-order valence-corrected chi connectivity index (χ1v) is 14.2. The van der Waals surface area contributed by atoms with Gasteiger partial charge in [0.25, 0.3) is 6.02 Å². The van der Waals surface area contributed by atoms with Gasteiger partial charge < -0.3 is 28.6 Å². The van der Waals surface area contributed by atoms with Crippen molar-refractivity contribution in [3.63, 3.8) is 0 Å². The van der Waals surface area contributed by atoms with Crippen molar-refractivity contribution >= 4 is 28.6 Å². The molecule has 0 saturated carbocycles. The van der Waals surface area contributed by atoms with E-state index in [0.717, 1.165) is 11.1 Å². The molecule has 1 aliphatic rings. The topological polar surface area (TPSA) is 61.8 Å². The number of ether oxygens (including phenoxy) is 5. The monoisotopic (exact) mass is 666 g/mol. The second-order valence-corrected chi connectivity index (χ2v) is 10.3. The van der Waals surface area contributed by atoms with Crippen LogP contribution in [-0.2, 0) is 23.4 Å². The molecule has 7 nitrogen and oxygen atoms in total. The van der Waals surface area contributed by atoms with Crippen molar-refractivity contribution in [3.05, 3.63) is 83.2 Å². The van der Waals surface area contributed by atoms with Crippen LogP contribution in [0.15, 0.2) is 65.7 Å². The Kier molecular flexibility index (Phi) is 9.60. The number of methoxy groups -OCH3 is 4. The fraction of sp³-hybridized carbons (Fsp3) is 0.367. The van der Waals surface area contributed by atoms with Crippen molar-refractivity contribution in [1.29, 1.82) is 0 Å². The highest BCUT2D eigenvalue weighted by molar-refractivity contribution is 14.1. The van der Waals surface area contributed by atoms with Gasteiger partial charge in [0.1, 0.15) is 40.5 Å². The Balaban J connectivity index is 1.84. The van der Waals surface area contributed by atoms with Gasteiger partial charge in [0, 0.05) is 33.3 Å². The number of halogens is 3. The van der Waals surface area contributed by atoms with E-state index in [-0.39, 0.29) is 11.6 Å². The lowest BCUT2D eigenvalue weighted by atomic mass is 9.84. The molecule has 3 aromatic carbocycles. The zero-order valence-corrected chi connectivity index (χ0v) is 25.3. The molecule has 0 amide bonds. The van der Waals surface area contributed by atoms with Crippen LogP contribution in [-0.4, -0.2) is 56.1 Å². The summed E-state index contributed by atoms with van der Waals surface area (Å²) in [5.74, 6) is 1.98. The molecule has 0 saturated heterocycles. The molecule has 4 rings (SSSR count). The molecule has 3 aromatic rings. The van der Waals surface area contributed by atoms with Crippen molar-refractivity contribution in [2.45, 2.75) is 37.8 Å². The summed E-state index contributed by atoms with van der Waals surface area (Å²) in [6, 6.07) is 17.4. The maximum Gasteiger partial charge on any atom is 0.289 e. The molecule has 0 N–H and O–H groups in total. The smallest absolute Gasteiger partial charge is 0.289 e. The molecule has 3 atom stereocenters. The van der Waals surface area contributed by atoms with Crippen molar-refractivity contribution in [2.24, 2.45) is 4.99 Å². The Morgan fingerprint density at radius 1 is 0.875 bits per heavy atom. The summed E-state index contributed by atoms with van der Waals surface area (Å²) in [7, 11) is 6.34. The molecular weight excluding hydrogens is 633 g/mol. The fourth-order valence-corrected chi connectivity index (χ4v) is 5.37. The van der Waals surface area contributed by atoms with Crippen LogP contribution in [0.1, 0.15) is 23.6 Å². The van der Waals surface area contributed by atoms with Gasteiger partial charge in [-0.15, -0.1) is 0 Å². The lowest BCUT2D eigenvalue weighted by molar-refractivity contribution is 0.0172. The zero-order chi connectivity index (χ0) is 28.9. The van der Waals surface area contributed by atoms with E-state index in [1.807, 2.05) is 29.2 Å². The summed E-state index contributed by atoms with van der Waals surface area (Å²) in [6.45, 7) is 2.19. The van der Waals surface area contributed by atoms with Gasteiger partial charge in [-0.1, -0.05) is 40.8 Å². The van der Waals surface area contributed by atoms with Gasteiger partial charge >= 0.3 is 0 Å². The van der Waals surface area contributed by atoms with Gasteiger partial charge in [-0.25, -0.2) is 13.8 Å². The number of hydrogen-bond acceptors (Lipinski definition) is 7. The van der Waals surface area contributed by atoms with Crippen LogP contribution in [0.25, 0.3) is 0 Å². The van der Waals surface area contributed by atoms with E-state index in [9.17, 15) is 0 Å². The van der Waals surface area contributed by atoms with E-state index < -0.39 is 23.6 Å². The second kappa shape index (κ2) is 12.9. The van der Waals surface area contributed by atoms with Crippen molar-refractivity contribution in [2.75, 3.05) is 32.9 Å². The average molecular weight is 667 g/mol. The maximum absolute atomic E-state index is 16.0. The quantitative estimate of drug-likeness (QED) is 0.187. The summed E-state index contributed by atoms with van der Waals surface area (Å²) in [6.07, 6.45) is -2.42. The molecule has 0 bridgehead atoms. The predicted molar refractivity (Wildman–Crippen MR) is 158 cm³/mol. The molecule has 0 spiro atoms. The van der Waals surface area contributed by atoms with Crippen LogP contribution in [0, 0.1) is 5.82 Å². The molecule has 0 aromatic heterocycles. The Labute approximate surface area is 247 Å². The first kappa shape index (κ1) is 29.7. The van der Waals surface area contributed by atoms with Crippen LogP contribution in [0.2, 0.25) is 0 Å². The molecule has 10 heteroatoms. The highest BCUT2D eigenvalue weighted by Gasteiger charge is 2.48. The van der Waals surface area contributed by atoms with Crippen molar-refractivity contribution in [3.8, 4) is 23.0 Å². The van der Waals surface area contributed by atoms with E-state index >= 15 is 8.78 Å². The minimum absolute atomic E-state index is 0.169. The molecule has 214 valence electrons. The van der Waals surface area contributed by atoms with Gasteiger partial charge in [-0.2, -0.15) is 0 Å². The normalized spacial score (nSPS) is 20.2. The van der Waals surface area contributed by atoms with E-state index in [2.05, 4.69) is 22.6 Å². The van der Waals surface area contributed by atoms with Crippen LogP contribution >= 0.6 is 22.6 Å². The maximum atomic E-state index is 16.0. The average Bonchev–Trinajstić information content (AvgIpc) is 2.98. The Hall–Kier alpha value is -3.28. The number of aliphatic imine (C=N–C) groups is 1. The van der Waals surface area contributed by atoms with Crippen molar-refractivity contribution in [1.82, 2.24) is 4.90 Å². The third kappa shape index (κ3) is 6.06. The third-order valence-electron chi connectivity index (χ3n) is 7.00. The molecule has 0 radical (unpaired) electrons. The van der Waals surface area contributed by atoms with Gasteiger partial charge in [0.15, 0.2) is 6.17 Å². The van der Waals surface area contributed by atoms with E-state index in [1.165, 1.54) is 6.07 Å². The molecule has 1 aliphatic heterocycles. The van der Waals surface area contributed by atoms with Gasteiger partial charge in [0.05, 0.1) is 41.5 Å². The lowest BCUT2D eigenvalue weighted by Gasteiger charge is -2.41. The number of benzene rings is 3. The van der Waals surface area contributed by atoms with Gasteiger partial charge in [-0.3, -0.25) is 0 Å². The summed E-state index contributed by atoms with van der Waals surface area (Å²) in [4.78, 5) is 6.64. The number of rotatable bonds is 10. The molecule has 0 aliphatic carbocycles. The lowest BCUT2D eigenvalue weighted by Crippen LogP contribution is -2.52. The number of hydrogen-bond donors (Lipinski definition) is 0. The Morgan fingerprint density at radius 3 is 1.90 bits per heavy atom. The first-order valence-electron chi connectivity index (χ1n) is 12.7. The summed E-state index contributed by atoms with van der Waals surface area (Å²) in [5.41, 5.74) is 0.300. The number of alkyl halides is 2. The molecule has 0 fully saturated rings. The predicted octanol–water partition coefficient (Wildman–Crippen LogP) is 6.31. The minimum Gasteiger partial charge on any atom is -0.497 e. The summed E-state index contributed by atoms with van der Waals surface area (Å²) >= 11 is 2.09. The standard InChI is InChI=1S/C30H33F2IN2O5/c1-30(23-8-6-7-9-24(23)31)28(32)27(16-33)40-29(34-30)35(17-19-10-12-21(36-2)14-25(19)38-4)18-20-11-13-22(37-3)15-26(20)39-5/h6-15,27-28H,16-18H2,1-5H3/t27-,28+,30-/m1/s1. The largest absolute Gasteiger partial charge is 0.497 e. The minimum atomic E-state index is -1.57. The molecular formula is C30H33F2IN2O5. The fourth-order valence-electron chi connectivity index (χ4n) is 4.75. The van der Waals surface area contributed by atoms with Crippen LogP contribution < -0.4 is 18.9 Å². The summed E-state index contributed by atoms with van der Waals surface area (Å²) < 4.78 is 59.5. The first-order chi connectivity index (χ1) is 19.3. The third-order valence-corrected chi connectivity index (χ3v) is 7.87. The van der Waals surface area contributed by atoms with E-state index in [0.29, 0.717) is 40.5 Å². The van der Waals surface area contributed by atoms with Crippen LogP contribution in [0.4, 0.5) is 8.78 Å². The van der Waals surface area contributed by atoms with Gasteiger partial charge in [-0.05, 0) is 37.3 Å². The zero-order valence-electron chi connectivity index (χ0n) is 23.1. The van der Waals surface area contributed by atoms with E-state index in [1.54, 1.807) is 65.7 Å². The Bertz CT molecular complexity index is 1300.